The van der Waals surface area contributed by atoms with Gasteiger partial charge in [-0.3, -0.25) is 19.3 Å². The molecule has 5 rings (SSSR count). The lowest BCUT2D eigenvalue weighted by atomic mass is 10.1. The maximum Gasteiger partial charge on any atom is 0.293 e. The molecule has 2 heterocycles. The van der Waals surface area contributed by atoms with Gasteiger partial charge < -0.3 is 9.80 Å². The molecule has 2 aliphatic rings. The number of para-hydroxylation sites is 1. The zero-order valence-electron chi connectivity index (χ0n) is 20.0. The van der Waals surface area contributed by atoms with E-state index < -0.39 is 0 Å². The molecule has 0 bridgehead atoms. The van der Waals surface area contributed by atoms with E-state index in [1.165, 1.54) is 4.90 Å². The molecule has 0 aromatic heterocycles. The van der Waals surface area contributed by atoms with Gasteiger partial charge in [-0.25, -0.2) is 0 Å². The van der Waals surface area contributed by atoms with E-state index in [-0.39, 0.29) is 23.6 Å². The maximum atomic E-state index is 13.1. The summed E-state index contributed by atoms with van der Waals surface area (Å²) in [5.41, 5.74) is 3.74. The quantitative estimate of drug-likeness (QED) is 0.462. The highest BCUT2D eigenvalue weighted by molar-refractivity contribution is 8.18. The van der Waals surface area contributed by atoms with E-state index in [2.05, 4.69) is 11.0 Å². The first-order valence-corrected chi connectivity index (χ1v) is 12.8. The molecule has 8 heteroatoms. The third-order valence-electron chi connectivity index (χ3n) is 6.44. The number of imide groups is 1. The molecule has 0 unspecified atom stereocenters. The van der Waals surface area contributed by atoms with Crippen LogP contribution in [0.5, 0.6) is 0 Å². The Labute approximate surface area is 219 Å². The van der Waals surface area contributed by atoms with Crippen LogP contribution in [0.3, 0.4) is 0 Å². The second-order valence-corrected chi connectivity index (χ2v) is 9.78. The van der Waals surface area contributed by atoms with E-state index in [0.717, 1.165) is 28.6 Å². The topological polar surface area (TPSA) is 84.7 Å². The van der Waals surface area contributed by atoms with Crippen molar-refractivity contribution in [1.29, 1.82) is 5.26 Å². The van der Waals surface area contributed by atoms with Gasteiger partial charge in [0.25, 0.3) is 17.1 Å². The van der Waals surface area contributed by atoms with E-state index in [4.69, 9.17) is 0 Å². The minimum absolute atomic E-state index is 0.0528. The largest absolute Gasteiger partial charge is 0.367 e. The molecule has 2 aliphatic heterocycles. The third-order valence-corrected chi connectivity index (χ3v) is 7.35. The molecular formula is C29H24N4O3S. The van der Waals surface area contributed by atoms with Gasteiger partial charge in [-0.05, 0) is 53.2 Å². The second-order valence-electron chi connectivity index (χ2n) is 8.78. The Hall–Kier alpha value is -4.35. The van der Waals surface area contributed by atoms with E-state index in [1.54, 1.807) is 36.4 Å². The minimum Gasteiger partial charge on any atom is -0.367 e. The Balaban J connectivity index is 1.21. The van der Waals surface area contributed by atoms with Crippen molar-refractivity contribution in [3.05, 3.63) is 106 Å². The number of benzene rings is 3. The number of hydrogen-bond donors (Lipinski definition) is 0. The fraction of sp³-hybridized carbons (Fsp3) is 0.172. The average Bonchev–Trinajstić information content (AvgIpc) is 3.21. The minimum atomic E-state index is -0.310. The molecule has 2 fully saturated rings. The van der Waals surface area contributed by atoms with Gasteiger partial charge in [-0.1, -0.05) is 54.6 Å². The Bertz CT molecular complexity index is 1410. The first-order valence-electron chi connectivity index (χ1n) is 12.0. The molecule has 0 atom stereocenters. The molecule has 0 saturated carbocycles. The number of nitriles is 1. The highest BCUT2D eigenvalue weighted by Gasteiger charge is 2.35. The molecule has 0 aliphatic carbocycles. The summed E-state index contributed by atoms with van der Waals surface area (Å²) in [6.45, 7) is 2.68. The first kappa shape index (κ1) is 24.3. The van der Waals surface area contributed by atoms with Crippen LogP contribution in [0, 0.1) is 11.3 Å². The predicted molar refractivity (Wildman–Crippen MR) is 144 cm³/mol. The standard InChI is InChI=1S/C29H24N4O3S/c30-19-24-8-4-5-9-25(24)31-14-16-32(17-15-31)27(34)23-12-10-21(11-13-23)18-26-28(35)33(29(36)37-26)20-22-6-2-1-3-7-22/h1-13,18H,14-17,20H2/b26-18-. The monoisotopic (exact) mass is 508 g/mol. The van der Waals surface area contributed by atoms with Crippen molar-refractivity contribution in [3.8, 4) is 6.07 Å². The lowest BCUT2D eigenvalue weighted by Gasteiger charge is -2.36. The fourth-order valence-corrected chi connectivity index (χ4v) is 5.29. The number of rotatable bonds is 5. The van der Waals surface area contributed by atoms with Crippen LogP contribution in [0.4, 0.5) is 10.5 Å². The van der Waals surface area contributed by atoms with E-state index in [9.17, 15) is 19.6 Å². The summed E-state index contributed by atoms with van der Waals surface area (Å²) in [4.78, 5) is 43.9. The molecule has 0 spiro atoms. The van der Waals surface area contributed by atoms with Gasteiger partial charge in [0.15, 0.2) is 0 Å². The molecule has 7 nitrogen and oxygen atoms in total. The summed E-state index contributed by atoms with van der Waals surface area (Å²) in [6.07, 6.45) is 1.69. The van der Waals surface area contributed by atoms with Crippen molar-refractivity contribution >= 4 is 40.6 Å². The van der Waals surface area contributed by atoms with Crippen LogP contribution < -0.4 is 4.90 Å². The van der Waals surface area contributed by atoms with Gasteiger partial charge in [0.05, 0.1) is 22.7 Å². The molecule has 2 saturated heterocycles. The number of amides is 3. The lowest BCUT2D eigenvalue weighted by Crippen LogP contribution is -2.49. The molecule has 3 aromatic rings. The number of anilines is 1. The van der Waals surface area contributed by atoms with Crippen LogP contribution in [0.25, 0.3) is 6.08 Å². The van der Waals surface area contributed by atoms with Crippen LogP contribution >= 0.6 is 11.8 Å². The number of piperazine rings is 1. The summed E-state index contributed by atoms with van der Waals surface area (Å²) in [5, 5.41) is 9.08. The van der Waals surface area contributed by atoms with Crippen molar-refractivity contribution in [3.63, 3.8) is 0 Å². The number of hydrogen-bond acceptors (Lipinski definition) is 6. The van der Waals surface area contributed by atoms with Crippen molar-refractivity contribution in [2.75, 3.05) is 31.1 Å². The maximum absolute atomic E-state index is 13.1. The van der Waals surface area contributed by atoms with Crippen molar-refractivity contribution in [2.24, 2.45) is 0 Å². The first-order chi connectivity index (χ1) is 18.0. The van der Waals surface area contributed by atoms with Gasteiger partial charge in [-0.15, -0.1) is 0 Å². The van der Waals surface area contributed by atoms with Crippen molar-refractivity contribution < 1.29 is 14.4 Å². The van der Waals surface area contributed by atoms with Gasteiger partial charge >= 0.3 is 0 Å². The number of carbonyl (C=O) groups is 3. The highest BCUT2D eigenvalue weighted by atomic mass is 32.2. The van der Waals surface area contributed by atoms with Crippen molar-refractivity contribution in [2.45, 2.75) is 6.54 Å². The summed E-state index contributed by atoms with van der Waals surface area (Å²) in [7, 11) is 0. The molecule has 3 aromatic carbocycles. The van der Waals surface area contributed by atoms with Crippen molar-refractivity contribution in [1.82, 2.24) is 9.80 Å². The van der Waals surface area contributed by atoms with Gasteiger partial charge in [0, 0.05) is 31.7 Å². The smallest absolute Gasteiger partial charge is 0.293 e. The average molecular weight is 509 g/mol. The molecule has 184 valence electrons. The summed E-state index contributed by atoms with van der Waals surface area (Å²) in [5.74, 6) is -0.363. The Morgan fingerprint density at radius 1 is 0.892 bits per heavy atom. The number of nitrogens with zero attached hydrogens (tertiary/aromatic N) is 4. The van der Waals surface area contributed by atoms with Crippen LogP contribution in [-0.2, 0) is 11.3 Å². The van der Waals surface area contributed by atoms with Gasteiger partial charge in [0.2, 0.25) is 0 Å². The zero-order chi connectivity index (χ0) is 25.8. The van der Waals surface area contributed by atoms with Crippen LogP contribution in [0.2, 0.25) is 0 Å². The van der Waals surface area contributed by atoms with Gasteiger partial charge in [-0.2, -0.15) is 5.26 Å². The Morgan fingerprint density at radius 3 is 2.27 bits per heavy atom. The molecule has 3 amide bonds. The summed E-state index contributed by atoms with van der Waals surface area (Å²) >= 11 is 0.929. The molecule has 37 heavy (non-hydrogen) atoms. The van der Waals surface area contributed by atoms with E-state index >= 15 is 0 Å². The molecule has 0 radical (unpaired) electrons. The number of carbonyl (C=O) groups excluding carboxylic acids is 3. The van der Waals surface area contributed by atoms with Crippen LogP contribution in [0.15, 0.2) is 83.8 Å². The normalized spacial score (nSPS) is 16.8. The van der Waals surface area contributed by atoms with Gasteiger partial charge in [0.1, 0.15) is 6.07 Å². The summed E-state index contributed by atoms with van der Waals surface area (Å²) in [6, 6.07) is 26.2. The fourth-order valence-electron chi connectivity index (χ4n) is 4.45. The van der Waals surface area contributed by atoms with E-state index in [1.807, 2.05) is 53.4 Å². The van der Waals surface area contributed by atoms with Crippen LogP contribution in [-0.4, -0.2) is 53.0 Å². The SMILES string of the molecule is N#Cc1ccccc1N1CCN(C(=O)c2ccc(/C=C3\SC(=O)N(Cc4ccccc4)C3=O)cc2)CC1. The number of thioether (sulfide) groups is 1. The highest BCUT2D eigenvalue weighted by Crippen LogP contribution is 2.33. The van der Waals surface area contributed by atoms with Crippen LogP contribution in [0.1, 0.15) is 27.0 Å². The Morgan fingerprint density at radius 2 is 1.57 bits per heavy atom. The third kappa shape index (κ3) is 5.27. The second kappa shape index (κ2) is 10.7. The summed E-state index contributed by atoms with van der Waals surface area (Å²) < 4.78 is 0. The molecule has 0 N–H and O–H groups in total. The lowest BCUT2D eigenvalue weighted by molar-refractivity contribution is -0.123. The molecular weight excluding hydrogens is 484 g/mol. The van der Waals surface area contributed by atoms with E-state index in [0.29, 0.717) is 42.2 Å². The zero-order valence-corrected chi connectivity index (χ0v) is 20.9. The Kier molecular flexibility index (Phi) is 7.06. The predicted octanol–water partition coefficient (Wildman–Crippen LogP) is 4.76.